The van der Waals surface area contributed by atoms with Gasteiger partial charge in [-0.15, -0.1) is 10.2 Å². The standard InChI is InChI=1S/C12H15F2N5O2S/c1-3-7-6(8(4-2)21-19-7)5-15-11(20)16-12-18-17-10(22-12)9(13)14/h9H,3-5H2,1-2H3,(H2,15,16,18,20). The summed E-state index contributed by atoms with van der Waals surface area (Å²) in [5.74, 6) is 0.716. The van der Waals surface area contributed by atoms with Crippen molar-refractivity contribution in [3.63, 3.8) is 0 Å². The molecule has 2 aromatic rings. The second-order valence-corrected chi connectivity index (χ2v) is 5.30. The largest absolute Gasteiger partial charge is 0.361 e. The van der Waals surface area contributed by atoms with Gasteiger partial charge in [0.1, 0.15) is 5.76 Å². The van der Waals surface area contributed by atoms with E-state index in [-0.39, 0.29) is 11.7 Å². The van der Waals surface area contributed by atoms with E-state index in [0.717, 1.165) is 11.3 Å². The van der Waals surface area contributed by atoms with Crippen molar-refractivity contribution in [2.75, 3.05) is 5.32 Å². The average molecular weight is 331 g/mol. The second-order valence-electron chi connectivity index (χ2n) is 4.29. The molecule has 22 heavy (non-hydrogen) atoms. The number of hydrogen-bond donors (Lipinski definition) is 2. The third-order valence-electron chi connectivity index (χ3n) is 2.88. The highest BCUT2D eigenvalue weighted by Crippen LogP contribution is 2.25. The molecule has 2 amide bonds. The van der Waals surface area contributed by atoms with Gasteiger partial charge < -0.3 is 9.84 Å². The summed E-state index contributed by atoms with van der Waals surface area (Å²) in [6.07, 6.45) is -1.34. The van der Waals surface area contributed by atoms with E-state index >= 15 is 0 Å². The first kappa shape index (κ1) is 16.3. The number of nitrogens with one attached hydrogen (secondary N) is 2. The Labute approximate surface area is 129 Å². The lowest BCUT2D eigenvalue weighted by molar-refractivity contribution is 0.150. The van der Waals surface area contributed by atoms with E-state index < -0.39 is 17.5 Å². The number of amides is 2. The normalized spacial score (nSPS) is 11.0. The summed E-state index contributed by atoms with van der Waals surface area (Å²) in [7, 11) is 0. The summed E-state index contributed by atoms with van der Waals surface area (Å²) in [6.45, 7) is 4.10. The van der Waals surface area contributed by atoms with Crippen molar-refractivity contribution in [3.05, 3.63) is 22.0 Å². The molecule has 0 aliphatic carbocycles. The fourth-order valence-electron chi connectivity index (χ4n) is 1.82. The first-order chi connectivity index (χ1) is 10.5. The van der Waals surface area contributed by atoms with Crippen LogP contribution in [0.5, 0.6) is 0 Å². The van der Waals surface area contributed by atoms with Crippen LogP contribution >= 0.6 is 11.3 Å². The molecule has 10 heteroatoms. The van der Waals surface area contributed by atoms with Gasteiger partial charge in [0.2, 0.25) is 5.13 Å². The zero-order valence-corrected chi connectivity index (χ0v) is 12.8. The zero-order valence-electron chi connectivity index (χ0n) is 12.0. The van der Waals surface area contributed by atoms with Crippen LogP contribution in [0, 0.1) is 0 Å². The van der Waals surface area contributed by atoms with Gasteiger partial charge in [-0.05, 0) is 6.42 Å². The van der Waals surface area contributed by atoms with Gasteiger partial charge in [0.25, 0.3) is 6.43 Å². The molecule has 0 atom stereocenters. The fraction of sp³-hybridized carbons (Fsp3) is 0.500. The van der Waals surface area contributed by atoms with Crippen LogP contribution in [0.3, 0.4) is 0 Å². The van der Waals surface area contributed by atoms with Crippen LogP contribution < -0.4 is 10.6 Å². The Morgan fingerprint density at radius 1 is 1.32 bits per heavy atom. The molecule has 120 valence electrons. The number of urea groups is 1. The molecule has 2 rings (SSSR count). The number of aromatic nitrogens is 3. The van der Waals surface area contributed by atoms with E-state index in [1.54, 1.807) is 0 Å². The molecule has 2 N–H and O–H groups in total. The smallest absolute Gasteiger partial charge is 0.321 e. The third-order valence-corrected chi connectivity index (χ3v) is 3.73. The molecule has 0 bridgehead atoms. The van der Waals surface area contributed by atoms with E-state index in [9.17, 15) is 13.6 Å². The Bertz CT molecular complexity index is 622. The molecule has 0 aliphatic rings. The summed E-state index contributed by atoms with van der Waals surface area (Å²) in [5.41, 5.74) is 1.62. The number of aryl methyl sites for hydroxylation is 2. The van der Waals surface area contributed by atoms with Crippen LogP contribution in [0.4, 0.5) is 18.7 Å². The molecule has 0 fully saturated rings. The number of rotatable bonds is 6. The molecule has 0 saturated heterocycles. The Morgan fingerprint density at radius 2 is 2.09 bits per heavy atom. The van der Waals surface area contributed by atoms with Gasteiger partial charge in [-0.1, -0.05) is 30.3 Å². The average Bonchev–Trinajstić information content (AvgIpc) is 3.10. The molecule has 0 aromatic carbocycles. The van der Waals surface area contributed by atoms with Crippen molar-refractivity contribution in [3.8, 4) is 0 Å². The maximum Gasteiger partial charge on any atom is 0.321 e. The lowest BCUT2D eigenvalue weighted by Crippen LogP contribution is -2.28. The topological polar surface area (TPSA) is 92.9 Å². The maximum atomic E-state index is 12.4. The Morgan fingerprint density at radius 3 is 2.68 bits per heavy atom. The molecular formula is C12H15F2N5O2S. The number of halogens is 2. The SMILES string of the molecule is CCc1noc(CC)c1CNC(=O)Nc1nnc(C(F)F)s1. The van der Waals surface area contributed by atoms with Crippen LogP contribution in [0.2, 0.25) is 0 Å². The minimum atomic E-state index is -2.70. The van der Waals surface area contributed by atoms with Crippen LogP contribution in [0.15, 0.2) is 4.52 Å². The number of carbonyl (C=O) groups excluding carboxylic acids is 1. The Balaban J connectivity index is 1.93. The van der Waals surface area contributed by atoms with E-state index in [1.807, 2.05) is 13.8 Å². The summed E-state index contributed by atoms with van der Waals surface area (Å²) < 4.78 is 30.0. The zero-order chi connectivity index (χ0) is 16.1. The van der Waals surface area contributed by atoms with E-state index in [4.69, 9.17) is 4.52 Å². The van der Waals surface area contributed by atoms with Crippen molar-refractivity contribution in [2.45, 2.75) is 39.7 Å². The first-order valence-corrected chi connectivity index (χ1v) is 7.49. The van der Waals surface area contributed by atoms with Gasteiger partial charge in [0.15, 0.2) is 5.01 Å². The predicted molar refractivity (Wildman–Crippen MR) is 76.0 cm³/mol. The number of carbonyl (C=O) groups is 1. The highest BCUT2D eigenvalue weighted by molar-refractivity contribution is 7.15. The van der Waals surface area contributed by atoms with Crippen molar-refractivity contribution in [1.29, 1.82) is 0 Å². The molecule has 0 radical (unpaired) electrons. The number of hydrogen-bond acceptors (Lipinski definition) is 6. The van der Waals surface area contributed by atoms with E-state index in [2.05, 4.69) is 26.0 Å². The van der Waals surface area contributed by atoms with Crippen molar-refractivity contribution >= 4 is 22.5 Å². The summed E-state index contributed by atoms with van der Waals surface area (Å²) in [4.78, 5) is 11.8. The summed E-state index contributed by atoms with van der Waals surface area (Å²) in [5, 5.41) is 15.3. The highest BCUT2D eigenvalue weighted by Gasteiger charge is 2.17. The highest BCUT2D eigenvalue weighted by atomic mass is 32.1. The summed E-state index contributed by atoms with van der Waals surface area (Å²) in [6, 6.07) is -0.553. The molecular weight excluding hydrogens is 316 g/mol. The van der Waals surface area contributed by atoms with Crippen LogP contribution in [-0.4, -0.2) is 21.4 Å². The van der Waals surface area contributed by atoms with E-state index in [0.29, 0.717) is 29.9 Å². The first-order valence-electron chi connectivity index (χ1n) is 6.67. The van der Waals surface area contributed by atoms with Crippen LogP contribution in [0.1, 0.15) is 42.3 Å². The van der Waals surface area contributed by atoms with Crippen LogP contribution in [0.25, 0.3) is 0 Å². The summed E-state index contributed by atoms with van der Waals surface area (Å²) >= 11 is 0.633. The van der Waals surface area contributed by atoms with Gasteiger partial charge in [-0.25, -0.2) is 13.6 Å². The third kappa shape index (κ3) is 3.75. The van der Waals surface area contributed by atoms with Gasteiger partial charge in [-0.3, -0.25) is 5.32 Å². The predicted octanol–water partition coefficient (Wildman–Crippen LogP) is 2.91. The van der Waals surface area contributed by atoms with E-state index in [1.165, 1.54) is 0 Å². The molecule has 2 aromatic heterocycles. The monoisotopic (exact) mass is 331 g/mol. The van der Waals surface area contributed by atoms with Gasteiger partial charge in [0, 0.05) is 18.5 Å². The van der Waals surface area contributed by atoms with Crippen molar-refractivity contribution in [2.24, 2.45) is 0 Å². The van der Waals surface area contributed by atoms with Crippen LogP contribution in [-0.2, 0) is 19.4 Å². The van der Waals surface area contributed by atoms with Gasteiger partial charge in [-0.2, -0.15) is 0 Å². The maximum absolute atomic E-state index is 12.4. The lowest BCUT2D eigenvalue weighted by atomic mass is 10.1. The second kappa shape index (κ2) is 7.25. The molecule has 0 saturated carbocycles. The minimum Gasteiger partial charge on any atom is -0.361 e. The van der Waals surface area contributed by atoms with Gasteiger partial charge >= 0.3 is 6.03 Å². The molecule has 2 heterocycles. The lowest BCUT2D eigenvalue weighted by Gasteiger charge is -2.05. The number of nitrogens with zero attached hydrogens (tertiary/aromatic N) is 3. The molecule has 0 spiro atoms. The Kier molecular flexibility index (Phi) is 5.36. The quantitative estimate of drug-likeness (QED) is 0.849. The number of alkyl halides is 2. The van der Waals surface area contributed by atoms with Gasteiger partial charge in [0.05, 0.1) is 5.69 Å². The van der Waals surface area contributed by atoms with Crippen molar-refractivity contribution < 1.29 is 18.1 Å². The minimum absolute atomic E-state index is 0.0181. The fourth-order valence-corrected chi connectivity index (χ4v) is 2.42. The Hall–Kier alpha value is -2.10. The molecule has 0 aliphatic heterocycles. The van der Waals surface area contributed by atoms with Crippen molar-refractivity contribution in [1.82, 2.24) is 20.7 Å². The molecule has 7 nitrogen and oxygen atoms in total. The number of anilines is 1. The molecule has 0 unspecified atom stereocenters.